The smallest absolute Gasteiger partial charge is 0.311 e. The summed E-state index contributed by atoms with van der Waals surface area (Å²) in [5, 5.41) is 3.06. The standard InChI is InChI=1S/C20H18BrClN2O4/c1-12-4-2-3-5-17(12)24-10-13(8-19(24)26)20(27)28-11-18(25)23-14-6-7-15(21)16(22)9-14/h2-7,9,13H,8,10-11H2,1H3,(H,23,25)/t13-/m0/s1. The number of halogens is 2. The second kappa shape index (κ2) is 8.75. The molecule has 3 rings (SSSR count). The third kappa shape index (κ3) is 4.72. The Kier molecular flexibility index (Phi) is 6.36. The van der Waals surface area contributed by atoms with E-state index < -0.39 is 24.4 Å². The van der Waals surface area contributed by atoms with E-state index in [4.69, 9.17) is 16.3 Å². The summed E-state index contributed by atoms with van der Waals surface area (Å²) >= 11 is 9.25. The van der Waals surface area contributed by atoms with Crippen LogP contribution in [0.25, 0.3) is 0 Å². The number of anilines is 2. The number of para-hydroxylation sites is 1. The Morgan fingerprint density at radius 1 is 1.29 bits per heavy atom. The lowest BCUT2D eigenvalue weighted by Crippen LogP contribution is -2.28. The summed E-state index contributed by atoms with van der Waals surface area (Å²) in [5.74, 6) is -1.77. The van der Waals surface area contributed by atoms with Gasteiger partial charge in [-0.15, -0.1) is 0 Å². The van der Waals surface area contributed by atoms with Crippen molar-refractivity contribution in [2.75, 3.05) is 23.4 Å². The number of nitrogens with zero attached hydrogens (tertiary/aromatic N) is 1. The summed E-state index contributed by atoms with van der Waals surface area (Å²) < 4.78 is 5.82. The number of ether oxygens (including phenoxy) is 1. The molecule has 1 heterocycles. The number of rotatable bonds is 5. The number of esters is 1. The Morgan fingerprint density at radius 2 is 2.04 bits per heavy atom. The zero-order valence-electron chi connectivity index (χ0n) is 15.1. The predicted octanol–water partition coefficient (Wildman–Crippen LogP) is 3.95. The maximum atomic E-state index is 12.3. The van der Waals surface area contributed by atoms with Gasteiger partial charge < -0.3 is 15.0 Å². The average Bonchev–Trinajstić information content (AvgIpc) is 3.05. The molecule has 1 aliphatic heterocycles. The highest BCUT2D eigenvalue weighted by Crippen LogP contribution is 2.28. The molecule has 2 aromatic carbocycles. The first-order valence-corrected chi connectivity index (χ1v) is 9.80. The van der Waals surface area contributed by atoms with Crippen LogP contribution in [-0.2, 0) is 19.1 Å². The normalized spacial score (nSPS) is 16.2. The van der Waals surface area contributed by atoms with E-state index in [0.717, 1.165) is 11.3 Å². The molecule has 6 nitrogen and oxygen atoms in total. The predicted molar refractivity (Wildman–Crippen MR) is 110 cm³/mol. The molecule has 28 heavy (non-hydrogen) atoms. The highest BCUT2D eigenvalue weighted by Gasteiger charge is 2.36. The Bertz CT molecular complexity index is 934. The van der Waals surface area contributed by atoms with Gasteiger partial charge in [-0.2, -0.15) is 0 Å². The van der Waals surface area contributed by atoms with Gasteiger partial charge in [0.15, 0.2) is 6.61 Å². The number of nitrogens with one attached hydrogen (secondary N) is 1. The summed E-state index contributed by atoms with van der Waals surface area (Å²) in [4.78, 5) is 38.2. The summed E-state index contributed by atoms with van der Waals surface area (Å²) in [6.07, 6.45) is 0.0666. The van der Waals surface area contributed by atoms with Gasteiger partial charge in [-0.05, 0) is 52.7 Å². The maximum absolute atomic E-state index is 12.3. The molecule has 1 aliphatic rings. The fourth-order valence-corrected chi connectivity index (χ4v) is 3.42. The minimum Gasteiger partial charge on any atom is -0.455 e. The van der Waals surface area contributed by atoms with Crippen molar-refractivity contribution in [2.45, 2.75) is 13.3 Å². The first kappa shape index (κ1) is 20.4. The number of carbonyl (C=O) groups excluding carboxylic acids is 3. The fraction of sp³-hybridized carbons (Fsp3) is 0.250. The number of amides is 2. The molecule has 0 aromatic heterocycles. The Morgan fingerprint density at radius 3 is 2.75 bits per heavy atom. The van der Waals surface area contributed by atoms with Crippen LogP contribution < -0.4 is 10.2 Å². The molecule has 0 unspecified atom stereocenters. The van der Waals surface area contributed by atoms with Crippen LogP contribution in [0.15, 0.2) is 46.9 Å². The van der Waals surface area contributed by atoms with Crippen LogP contribution in [0.3, 0.4) is 0 Å². The van der Waals surface area contributed by atoms with Gasteiger partial charge in [0.05, 0.1) is 10.9 Å². The van der Waals surface area contributed by atoms with Crippen molar-refractivity contribution in [3.63, 3.8) is 0 Å². The van der Waals surface area contributed by atoms with Crippen LogP contribution in [-0.4, -0.2) is 30.9 Å². The zero-order chi connectivity index (χ0) is 20.3. The van der Waals surface area contributed by atoms with Gasteiger partial charge in [-0.1, -0.05) is 29.8 Å². The number of hydrogen-bond donors (Lipinski definition) is 1. The molecule has 1 atom stereocenters. The first-order chi connectivity index (χ1) is 13.3. The third-order valence-corrected chi connectivity index (χ3v) is 5.65. The van der Waals surface area contributed by atoms with Crippen LogP contribution >= 0.6 is 27.5 Å². The lowest BCUT2D eigenvalue weighted by atomic mass is 10.1. The molecule has 0 spiro atoms. The molecule has 1 N–H and O–H groups in total. The highest BCUT2D eigenvalue weighted by molar-refractivity contribution is 9.10. The van der Waals surface area contributed by atoms with E-state index in [1.165, 1.54) is 0 Å². The average molecular weight is 466 g/mol. The Hall–Kier alpha value is -2.38. The number of carbonyl (C=O) groups is 3. The van der Waals surface area contributed by atoms with Gasteiger partial charge in [0, 0.05) is 28.8 Å². The van der Waals surface area contributed by atoms with Crippen LogP contribution in [0.1, 0.15) is 12.0 Å². The lowest BCUT2D eigenvalue weighted by molar-refractivity contribution is -0.151. The van der Waals surface area contributed by atoms with Gasteiger partial charge in [0.25, 0.3) is 5.91 Å². The Balaban J connectivity index is 1.54. The molecule has 8 heteroatoms. The lowest BCUT2D eigenvalue weighted by Gasteiger charge is -2.18. The molecule has 1 saturated heterocycles. The van der Waals surface area contributed by atoms with Crippen molar-refractivity contribution in [2.24, 2.45) is 5.92 Å². The van der Waals surface area contributed by atoms with Crippen LogP contribution in [0.5, 0.6) is 0 Å². The van der Waals surface area contributed by atoms with E-state index in [-0.39, 0.29) is 18.9 Å². The van der Waals surface area contributed by atoms with Crippen molar-refractivity contribution in [3.8, 4) is 0 Å². The fourth-order valence-electron chi connectivity index (χ4n) is 2.99. The molecule has 1 fully saturated rings. The summed E-state index contributed by atoms with van der Waals surface area (Å²) in [6, 6.07) is 12.5. The molecule has 0 radical (unpaired) electrons. The summed E-state index contributed by atoms with van der Waals surface area (Å²) in [5.41, 5.74) is 2.24. The van der Waals surface area contributed by atoms with E-state index in [1.54, 1.807) is 23.1 Å². The van der Waals surface area contributed by atoms with E-state index in [0.29, 0.717) is 15.2 Å². The molecule has 2 aromatic rings. The topological polar surface area (TPSA) is 75.7 Å². The van der Waals surface area contributed by atoms with Crippen molar-refractivity contribution in [3.05, 3.63) is 57.5 Å². The van der Waals surface area contributed by atoms with Crippen LogP contribution in [0.2, 0.25) is 5.02 Å². The van der Waals surface area contributed by atoms with Crippen LogP contribution in [0.4, 0.5) is 11.4 Å². The largest absolute Gasteiger partial charge is 0.455 e. The summed E-state index contributed by atoms with van der Waals surface area (Å²) in [6.45, 7) is 1.72. The first-order valence-electron chi connectivity index (χ1n) is 8.62. The summed E-state index contributed by atoms with van der Waals surface area (Å²) in [7, 11) is 0. The molecule has 0 saturated carbocycles. The monoisotopic (exact) mass is 464 g/mol. The minimum atomic E-state index is -0.595. The van der Waals surface area contributed by atoms with Crippen molar-refractivity contribution >= 4 is 56.7 Å². The van der Waals surface area contributed by atoms with E-state index in [1.807, 2.05) is 31.2 Å². The quantitative estimate of drug-likeness (QED) is 0.679. The third-order valence-electron chi connectivity index (χ3n) is 4.41. The highest BCUT2D eigenvalue weighted by atomic mass is 79.9. The molecule has 146 valence electrons. The van der Waals surface area contributed by atoms with Crippen molar-refractivity contribution in [1.82, 2.24) is 0 Å². The van der Waals surface area contributed by atoms with Gasteiger partial charge in [-0.3, -0.25) is 14.4 Å². The number of hydrogen-bond acceptors (Lipinski definition) is 4. The van der Waals surface area contributed by atoms with Crippen LogP contribution in [0, 0.1) is 12.8 Å². The maximum Gasteiger partial charge on any atom is 0.311 e. The minimum absolute atomic E-state index is 0.0666. The van der Waals surface area contributed by atoms with E-state index >= 15 is 0 Å². The van der Waals surface area contributed by atoms with Gasteiger partial charge >= 0.3 is 5.97 Å². The van der Waals surface area contributed by atoms with E-state index in [9.17, 15) is 14.4 Å². The van der Waals surface area contributed by atoms with Crippen molar-refractivity contribution in [1.29, 1.82) is 0 Å². The van der Waals surface area contributed by atoms with Gasteiger partial charge in [0.2, 0.25) is 5.91 Å². The molecule has 0 bridgehead atoms. The molecule has 0 aliphatic carbocycles. The molecule has 2 amide bonds. The second-order valence-corrected chi connectivity index (χ2v) is 7.74. The number of benzene rings is 2. The SMILES string of the molecule is Cc1ccccc1N1C[C@@H](C(=O)OCC(=O)Nc2ccc(Br)c(Cl)c2)CC1=O. The van der Waals surface area contributed by atoms with E-state index in [2.05, 4.69) is 21.2 Å². The van der Waals surface area contributed by atoms with Crippen molar-refractivity contribution < 1.29 is 19.1 Å². The molecular weight excluding hydrogens is 448 g/mol. The second-order valence-electron chi connectivity index (χ2n) is 6.48. The molecular formula is C20H18BrClN2O4. The number of aryl methyl sites for hydroxylation is 1. The van der Waals surface area contributed by atoms with Gasteiger partial charge in [0.1, 0.15) is 0 Å². The zero-order valence-corrected chi connectivity index (χ0v) is 17.4. The Labute approximate surface area is 175 Å². The van der Waals surface area contributed by atoms with Gasteiger partial charge in [-0.25, -0.2) is 0 Å².